The van der Waals surface area contributed by atoms with Crippen molar-refractivity contribution in [2.45, 2.75) is 19.8 Å². The van der Waals surface area contributed by atoms with Gasteiger partial charge < -0.3 is 4.90 Å². The molecule has 0 atom stereocenters. The van der Waals surface area contributed by atoms with E-state index < -0.39 is 11.3 Å². The molecule has 0 bridgehead atoms. The van der Waals surface area contributed by atoms with E-state index in [4.69, 9.17) is 0 Å². The lowest BCUT2D eigenvalue weighted by Gasteiger charge is -2.20. The number of hydrogen-bond donors (Lipinski definition) is 0. The fourth-order valence-electron chi connectivity index (χ4n) is 1.52. The zero-order valence-corrected chi connectivity index (χ0v) is 11.5. The molecule has 0 spiro atoms. The Morgan fingerprint density at radius 1 is 1.47 bits per heavy atom. The first-order valence-corrected chi connectivity index (χ1v) is 6.21. The van der Waals surface area contributed by atoms with E-state index in [1.807, 2.05) is 0 Å². The highest BCUT2D eigenvalue weighted by molar-refractivity contribution is 9.09. The molecule has 0 N–H and O–H groups in total. The van der Waals surface area contributed by atoms with Crippen molar-refractivity contribution in [3.63, 3.8) is 0 Å². The molecule has 0 radical (unpaired) electrons. The number of aryl methyl sites for hydroxylation is 1. The molecule has 0 saturated carbocycles. The van der Waals surface area contributed by atoms with Gasteiger partial charge in [0.05, 0.1) is 5.33 Å². The fourth-order valence-corrected chi connectivity index (χ4v) is 1.82. The Morgan fingerprint density at radius 3 is 2.47 bits per heavy atom. The lowest BCUT2D eigenvalue weighted by Crippen LogP contribution is -2.23. The van der Waals surface area contributed by atoms with Gasteiger partial charge in [-0.25, -0.2) is 8.78 Å². The highest BCUT2D eigenvalue weighted by atomic mass is 79.9. The first kappa shape index (κ1) is 14.1. The maximum atomic E-state index is 13.5. The number of alkyl halides is 3. The molecule has 1 aromatic carbocycles. The molecule has 0 saturated heterocycles. The van der Waals surface area contributed by atoms with E-state index in [-0.39, 0.29) is 11.5 Å². The second-order valence-corrected chi connectivity index (χ2v) is 4.48. The van der Waals surface area contributed by atoms with Crippen LogP contribution < -0.4 is 4.90 Å². The second-order valence-electron chi connectivity index (χ2n) is 3.92. The quantitative estimate of drug-likeness (QED) is 0.783. The fraction of sp³-hybridized carbons (Fsp3) is 0.417. The van der Waals surface area contributed by atoms with E-state index in [0.29, 0.717) is 11.3 Å². The summed E-state index contributed by atoms with van der Waals surface area (Å²) in [4.78, 5) is 12.6. The third-order valence-corrected chi connectivity index (χ3v) is 3.34. The van der Waals surface area contributed by atoms with E-state index >= 15 is 0 Å². The Bertz CT molecular complexity index is 435. The average Bonchev–Trinajstić information content (AvgIpc) is 2.27. The molecule has 17 heavy (non-hydrogen) atoms. The molecule has 1 amide bonds. The monoisotopic (exact) mass is 305 g/mol. The van der Waals surface area contributed by atoms with Crippen LogP contribution in [0.3, 0.4) is 0 Å². The van der Waals surface area contributed by atoms with Crippen molar-refractivity contribution in [3.8, 4) is 0 Å². The first-order chi connectivity index (χ1) is 7.79. The van der Waals surface area contributed by atoms with Crippen LogP contribution in [-0.4, -0.2) is 18.3 Å². The minimum Gasteiger partial charge on any atom is -0.316 e. The van der Waals surface area contributed by atoms with Crippen LogP contribution in [0.5, 0.6) is 0 Å². The van der Waals surface area contributed by atoms with Gasteiger partial charge in [0.1, 0.15) is 0 Å². The minimum atomic E-state index is -2.89. The van der Waals surface area contributed by atoms with Crippen molar-refractivity contribution in [2.75, 3.05) is 17.3 Å². The number of anilines is 1. The van der Waals surface area contributed by atoms with Crippen LogP contribution >= 0.6 is 15.9 Å². The molecule has 0 aliphatic carbocycles. The van der Waals surface area contributed by atoms with Gasteiger partial charge in [0.15, 0.2) is 0 Å². The third-order valence-electron chi connectivity index (χ3n) is 2.63. The summed E-state index contributed by atoms with van der Waals surface area (Å²) in [5.41, 5.74) is 1.07. The van der Waals surface area contributed by atoms with Crippen LogP contribution in [-0.2, 0) is 10.7 Å². The standard InChI is InChI=1S/C12H14BrF2NO/c1-8-6-10(16(3)9(2)17)4-5-11(8)12(14,15)7-13/h4-6H,7H2,1-3H3. The molecule has 0 unspecified atom stereocenters. The molecule has 0 heterocycles. The molecule has 2 nitrogen and oxygen atoms in total. The Hall–Kier alpha value is -0.970. The number of carbonyl (C=O) groups excluding carboxylic acids is 1. The van der Waals surface area contributed by atoms with Crippen LogP contribution in [0.15, 0.2) is 18.2 Å². The van der Waals surface area contributed by atoms with Crippen molar-refractivity contribution in [1.82, 2.24) is 0 Å². The molecule has 5 heteroatoms. The van der Waals surface area contributed by atoms with Gasteiger partial charge in [-0.3, -0.25) is 4.79 Å². The van der Waals surface area contributed by atoms with Gasteiger partial charge in [0.25, 0.3) is 5.92 Å². The molecule has 0 aliphatic rings. The zero-order chi connectivity index (χ0) is 13.2. The van der Waals surface area contributed by atoms with Gasteiger partial charge in [0.2, 0.25) is 5.91 Å². The molecule has 1 rings (SSSR count). The molecule has 1 aromatic rings. The summed E-state index contributed by atoms with van der Waals surface area (Å²) in [7, 11) is 1.61. The summed E-state index contributed by atoms with van der Waals surface area (Å²) in [5, 5.41) is -0.414. The van der Waals surface area contributed by atoms with E-state index in [1.165, 1.54) is 24.0 Å². The normalized spacial score (nSPS) is 11.4. The largest absolute Gasteiger partial charge is 0.316 e. The maximum absolute atomic E-state index is 13.5. The van der Waals surface area contributed by atoms with Crippen LogP contribution in [0, 0.1) is 6.92 Å². The summed E-state index contributed by atoms with van der Waals surface area (Å²) >= 11 is 2.80. The van der Waals surface area contributed by atoms with Gasteiger partial charge in [-0.2, -0.15) is 0 Å². The van der Waals surface area contributed by atoms with E-state index in [2.05, 4.69) is 15.9 Å². The van der Waals surface area contributed by atoms with E-state index in [0.717, 1.165) is 0 Å². The number of carbonyl (C=O) groups is 1. The van der Waals surface area contributed by atoms with Crippen molar-refractivity contribution in [2.24, 2.45) is 0 Å². The summed E-state index contributed by atoms with van der Waals surface area (Å²) in [6, 6.07) is 4.49. The number of benzene rings is 1. The zero-order valence-electron chi connectivity index (χ0n) is 9.93. The summed E-state index contributed by atoms with van der Waals surface area (Å²) in [6.45, 7) is 3.04. The van der Waals surface area contributed by atoms with Gasteiger partial charge in [-0.1, -0.05) is 22.0 Å². The van der Waals surface area contributed by atoms with Gasteiger partial charge in [-0.05, 0) is 24.6 Å². The number of hydrogen-bond acceptors (Lipinski definition) is 1. The van der Waals surface area contributed by atoms with Crippen molar-refractivity contribution >= 4 is 27.5 Å². The predicted molar refractivity (Wildman–Crippen MR) is 68.0 cm³/mol. The molecule has 94 valence electrons. The molecular formula is C12H14BrF2NO. The highest BCUT2D eigenvalue weighted by Gasteiger charge is 2.31. The summed E-state index contributed by atoms with van der Waals surface area (Å²) in [5.74, 6) is -3.03. The van der Waals surface area contributed by atoms with E-state index in [1.54, 1.807) is 20.0 Å². The SMILES string of the molecule is CC(=O)N(C)c1ccc(C(F)(F)CBr)c(C)c1. The molecule has 0 fully saturated rings. The lowest BCUT2D eigenvalue weighted by molar-refractivity contribution is -0.116. The van der Waals surface area contributed by atoms with Gasteiger partial charge in [0, 0.05) is 25.2 Å². The van der Waals surface area contributed by atoms with E-state index in [9.17, 15) is 13.6 Å². The van der Waals surface area contributed by atoms with Crippen LogP contribution in [0.1, 0.15) is 18.1 Å². The lowest BCUT2D eigenvalue weighted by atomic mass is 10.0. The van der Waals surface area contributed by atoms with Gasteiger partial charge in [-0.15, -0.1) is 0 Å². The minimum absolute atomic E-state index is 0.0184. The molecule has 0 aromatic heterocycles. The number of rotatable bonds is 3. The van der Waals surface area contributed by atoms with Crippen molar-refractivity contribution in [3.05, 3.63) is 29.3 Å². The Labute approximate surface area is 108 Å². The van der Waals surface area contributed by atoms with Crippen LogP contribution in [0.25, 0.3) is 0 Å². The molecule has 0 aliphatic heterocycles. The number of nitrogens with zero attached hydrogens (tertiary/aromatic N) is 1. The first-order valence-electron chi connectivity index (χ1n) is 5.09. The topological polar surface area (TPSA) is 20.3 Å². The Balaban J connectivity index is 3.15. The van der Waals surface area contributed by atoms with Crippen molar-refractivity contribution < 1.29 is 13.6 Å². The predicted octanol–water partition coefficient (Wildman–Crippen LogP) is 3.46. The average molecular weight is 306 g/mol. The second kappa shape index (κ2) is 5.12. The number of amides is 1. The Morgan fingerprint density at radius 2 is 2.06 bits per heavy atom. The molecular weight excluding hydrogens is 292 g/mol. The van der Waals surface area contributed by atoms with Crippen LogP contribution in [0.4, 0.5) is 14.5 Å². The third kappa shape index (κ3) is 3.03. The van der Waals surface area contributed by atoms with Gasteiger partial charge >= 0.3 is 0 Å². The summed E-state index contributed by atoms with van der Waals surface area (Å²) in [6.07, 6.45) is 0. The number of halogens is 3. The Kier molecular flexibility index (Phi) is 4.25. The summed E-state index contributed by atoms with van der Waals surface area (Å²) < 4.78 is 27.0. The van der Waals surface area contributed by atoms with Crippen molar-refractivity contribution in [1.29, 1.82) is 0 Å². The smallest absolute Gasteiger partial charge is 0.283 e. The maximum Gasteiger partial charge on any atom is 0.283 e. The highest BCUT2D eigenvalue weighted by Crippen LogP contribution is 2.33. The van der Waals surface area contributed by atoms with Crippen LogP contribution in [0.2, 0.25) is 0 Å².